The molecular formula is C26H24N4O3S. The second-order valence-corrected chi connectivity index (χ2v) is 8.80. The molecule has 34 heavy (non-hydrogen) atoms. The minimum absolute atomic E-state index is 0.179. The molecule has 0 radical (unpaired) electrons. The lowest BCUT2D eigenvalue weighted by atomic mass is 9.94. The van der Waals surface area contributed by atoms with E-state index in [0.717, 1.165) is 33.0 Å². The van der Waals surface area contributed by atoms with Crippen LogP contribution >= 0.6 is 11.3 Å². The number of carbonyl (C=O) groups is 1. The van der Waals surface area contributed by atoms with Crippen molar-refractivity contribution in [2.24, 2.45) is 0 Å². The summed E-state index contributed by atoms with van der Waals surface area (Å²) >= 11 is 1.55. The number of ether oxygens (including phenoxy) is 1. The first-order valence-corrected chi connectivity index (χ1v) is 12.0. The van der Waals surface area contributed by atoms with Gasteiger partial charge in [0.15, 0.2) is 0 Å². The van der Waals surface area contributed by atoms with Crippen LogP contribution in [0.3, 0.4) is 0 Å². The molecular weight excluding hydrogens is 448 g/mol. The highest BCUT2D eigenvalue weighted by Crippen LogP contribution is 2.38. The number of thiophene rings is 1. The highest BCUT2D eigenvalue weighted by atomic mass is 32.1. The zero-order valence-corrected chi connectivity index (χ0v) is 19.7. The monoisotopic (exact) mass is 472 g/mol. The molecule has 1 unspecified atom stereocenters. The molecule has 0 aliphatic carbocycles. The predicted molar refractivity (Wildman–Crippen MR) is 131 cm³/mol. The van der Waals surface area contributed by atoms with Crippen LogP contribution in [0.5, 0.6) is 5.75 Å². The molecule has 1 N–H and O–H groups in total. The van der Waals surface area contributed by atoms with Crippen molar-refractivity contribution in [1.82, 2.24) is 20.4 Å². The van der Waals surface area contributed by atoms with E-state index < -0.39 is 6.04 Å². The fourth-order valence-electron chi connectivity index (χ4n) is 4.02. The molecule has 0 saturated carbocycles. The molecule has 3 heterocycles. The Morgan fingerprint density at radius 2 is 1.88 bits per heavy atom. The van der Waals surface area contributed by atoms with Crippen molar-refractivity contribution in [1.29, 1.82) is 0 Å². The average Bonchev–Trinajstić information content (AvgIpc) is 3.56. The van der Waals surface area contributed by atoms with Gasteiger partial charge in [0.05, 0.1) is 29.6 Å². The van der Waals surface area contributed by atoms with Crippen molar-refractivity contribution < 1.29 is 14.1 Å². The lowest BCUT2D eigenvalue weighted by molar-refractivity contribution is 0.203. The number of carbonyl (C=O) groups excluding carboxylic acids is 1. The molecule has 2 amide bonds. The maximum absolute atomic E-state index is 13.2. The van der Waals surface area contributed by atoms with Crippen molar-refractivity contribution in [2.45, 2.75) is 26.4 Å². The largest absolute Gasteiger partial charge is 0.494 e. The Labute approximate surface area is 201 Å². The third-order valence-electron chi connectivity index (χ3n) is 5.70. The zero-order valence-electron chi connectivity index (χ0n) is 18.9. The molecule has 1 aliphatic heterocycles. The summed E-state index contributed by atoms with van der Waals surface area (Å²) in [6.45, 7) is 4.89. The van der Waals surface area contributed by atoms with Crippen LogP contribution in [-0.2, 0) is 6.54 Å². The molecule has 1 atom stereocenters. The van der Waals surface area contributed by atoms with Crippen molar-refractivity contribution in [2.75, 3.05) is 6.61 Å². The molecule has 4 aromatic rings. The van der Waals surface area contributed by atoms with Gasteiger partial charge in [0.1, 0.15) is 5.75 Å². The van der Waals surface area contributed by atoms with Gasteiger partial charge in [-0.2, -0.15) is 4.98 Å². The van der Waals surface area contributed by atoms with Gasteiger partial charge in [-0.1, -0.05) is 53.7 Å². The Morgan fingerprint density at radius 3 is 2.59 bits per heavy atom. The molecule has 7 nitrogen and oxygen atoms in total. The van der Waals surface area contributed by atoms with Crippen LogP contribution in [-0.4, -0.2) is 27.7 Å². The van der Waals surface area contributed by atoms with Crippen LogP contribution in [0.2, 0.25) is 0 Å². The Kier molecular flexibility index (Phi) is 6.14. The summed E-state index contributed by atoms with van der Waals surface area (Å²) in [5.41, 5.74) is 3.49. The number of allylic oxidation sites excluding steroid dienone is 1. The van der Waals surface area contributed by atoms with E-state index in [2.05, 4.69) is 15.5 Å². The van der Waals surface area contributed by atoms with E-state index in [4.69, 9.17) is 9.26 Å². The molecule has 0 spiro atoms. The van der Waals surface area contributed by atoms with Gasteiger partial charge >= 0.3 is 6.03 Å². The molecule has 0 fully saturated rings. The summed E-state index contributed by atoms with van der Waals surface area (Å²) < 4.78 is 11.3. The number of hydrogen-bond donors (Lipinski definition) is 1. The normalized spacial score (nSPS) is 16.0. The van der Waals surface area contributed by atoms with E-state index in [1.54, 1.807) is 16.2 Å². The fourth-order valence-corrected chi connectivity index (χ4v) is 4.67. The zero-order chi connectivity index (χ0) is 23.5. The maximum Gasteiger partial charge on any atom is 0.322 e. The van der Waals surface area contributed by atoms with Crippen LogP contribution in [0.1, 0.15) is 36.9 Å². The average molecular weight is 473 g/mol. The summed E-state index contributed by atoms with van der Waals surface area (Å²) in [7, 11) is 0. The first kappa shape index (κ1) is 21.9. The number of urea groups is 1. The molecule has 0 saturated heterocycles. The Morgan fingerprint density at radius 1 is 1.09 bits per heavy atom. The minimum Gasteiger partial charge on any atom is -0.494 e. The quantitative estimate of drug-likeness (QED) is 0.362. The number of rotatable bonds is 7. The van der Waals surface area contributed by atoms with E-state index in [1.807, 2.05) is 86.0 Å². The number of benzene rings is 2. The van der Waals surface area contributed by atoms with E-state index in [0.29, 0.717) is 24.9 Å². The molecule has 0 bridgehead atoms. The maximum atomic E-state index is 13.2. The van der Waals surface area contributed by atoms with E-state index >= 15 is 0 Å². The van der Waals surface area contributed by atoms with Gasteiger partial charge in [-0.05, 0) is 48.6 Å². The molecule has 1 aliphatic rings. The molecule has 172 valence electrons. The second-order valence-electron chi connectivity index (χ2n) is 7.86. The van der Waals surface area contributed by atoms with E-state index in [9.17, 15) is 4.79 Å². The van der Waals surface area contributed by atoms with E-state index in [-0.39, 0.29) is 6.03 Å². The van der Waals surface area contributed by atoms with Gasteiger partial charge in [-0.15, -0.1) is 11.3 Å². The highest BCUT2D eigenvalue weighted by molar-refractivity contribution is 7.13. The molecule has 2 aromatic carbocycles. The third-order valence-corrected chi connectivity index (χ3v) is 6.57. The second kappa shape index (κ2) is 9.52. The van der Waals surface area contributed by atoms with Gasteiger partial charge in [0.2, 0.25) is 5.82 Å². The summed E-state index contributed by atoms with van der Waals surface area (Å²) in [6.07, 6.45) is 0. The number of nitrogens with one attached hydrogen (secondary N) is 1. The van der Waals surface area contributed by atoms with Gasteiger partial charge in [-0.3, -0.25) is 4.90 Å². The first-order valence-electron chi connectivity index (χ1n) is 11.1. The van der Waals surface area contributed by atoms with Crippen LogP contribution in [0.15, 0.2) is 82.3 Å². The summed E-state index contributed by atoms with van der Waals surface area (Å²) in [4.78, 5) is 20.5. The van der Waals surface area contributed by atoms with Gasteiger partial charge in [-0.25, -0.2) is 4.79 Å². The van der Waals surface area contributed by atoms with Crippen molar-refractivity contribution in [3.63, 3.8) is 0 Å². The smallest absolute Gasteiger partial charge is 0.322 e. The highest BCUT2D eigenvalue weighted by Gasteiger charge is 2.35. The van der Waals surface area contributed by atoms with Gasteiger partial charge in [0, 0.05) is 5.70 Å². The third kappa shape index (κ3) is 4.32. The topological polar surface area (TPSA) is 80.5 Å². The predicted octanol–water partition coefficient (Wildman–Crippen LogP) is 5.89. The van der Waals surface area contributed by atoms with Gasteiger partial charge < -0.3 is 14.6 Å². The fraction of sp³-hybridized carbons (Fsp3) is 0.192. The molecule has 2 aromatic heterocycles. The Hall–Kier alpha value is -3.91. The number of amides is 2. The summed E-state index contributed by atoms with van der Waals surface area (Å²) in [5.74, 6) is 1.73. The number of aromatic nitrogens is 2. The molecule has 8 heteroatoms. The SMILES string of the molecule is CCOc1ccc(CN2C(=O)NC(c3ccccc3)C(c3nc(-c4cccs4)no3)=C2C)cc1. The molecule has 5 rings (SSSR count). The van der Waals surface area contributed by atoms with Crippen molar-refractivity contribution in [3.05, 3.63) is 94.8 Å². The number of nitrogens with zero attached hydrogens (tertiary/aromatic N) is 3. The standard InChI is InChI=1S/C26H24N4O3S/c1-3-32-20-13-11-18(12-14-20)16-30-17(2)22(23(27-26(30)31)19-8-5-4-6-9-19)25-28-24(29-33-25)21-10-7-15-34-21/h4-15,23H,3,16H2,1-2H3,(H,27,31). The van der Waals surface area contributed by atoms with Crippen molar-refractivity contribution in [3.8, 4) is 16.5 Å². The van der Waals surface area contributed by atoms with Crippen LogP contribution in [0, 0.1) is 0 Å². The van der Waals surface area contributed by atoms with Crippen LogP contribution < -0.4 is 10.1 Å². The van der Waals surface area contributed by atoms with Crippen molar-refractivity contribution >= 4 is 22.9 Å². The van der Waals surface area contributed by atoms with Gasteiger partial charge in [0.25, 0.3) is 5.89 Å². The lowest BCUT2D eigenvalue weighted by Crippen LogP contribution is -2.45. The van der Waals surface area contributed by atoms with Crippen LogP contribution in [0.25, 0.3) is 16.3 Å². The summed E-state index contributed by atoms with van der Waals surface area (Å²) in [6, 6.07) is 20.9. The minimum atomic E-state index is -0.401. The Bertz CT molecular complexity index is 1300. The van der Waals surface area contributed by atoms with Crippen LogP contribution in [0.4, 0.5) is 4.79 Å². The van der Waals surface area contributed by atoms with E-state index in [1.165, 1.54) is 0 Å². The summed E-state index contributed by atoms with van der Waals surface area (Å²) in [5, 5.41) is 9.31. The number of hydrogen-bond acceptors (Lipinski definition) is 6. The lowest BCUT2D eigenvalue weighted by Gasteiger charge is -2.35. The Balaban J connectivity index is 1.54. The first-order chi connectivity index (χ1) is 16.6.